The summed E-state index contributed by atoms with van der Waals surface area (Å²) in [4.78, 5) is 67.0. The molecule has 0 saturated carbocycles. The number of aliphatic carboxylic acids is 3. The number of nitrogens with two attached hydrogens (primary N) is 2. The van der Waals surface area contributed by atoms with Crippen molar-refractivity contribution >= 4 is 35.6 Å². The molecule has 26 heavy (non-hydrogen) atoms. The van der Waals surface area contributed by atoms with Crippen molar-refractivity contribution in [3.8, 4) is 0 Å². The van der Waals surface area contributed by atoms with Gasteiger partial charge in [0.15, 0.2) is 0 Å². The van der Waals surface area contributed by atoms with Crippen molar-refractivity contribution < 1.29 is 44.1 Å². The smallest absolute Gasteiger partial charge is 0.326 e. The quantitative estimate of drug-likeness (QED) is 0.178. The van der Waals surface area contributed by atoms with E-state index in [1.165, 1.54) is 0 Å². The molecule has 13 heteroatoms. The molecule has 3 amide bonds. The summed E-state index contributed by atoms with van der Waals surface area (Å²) in [5, 5.41) is 30.2. The Hall–Kier alpha value is -3.22. The molecule has 9 N–H and O–H groups in total. The van der Waals surface area contributed by atoms with E-state index in [1.807, 2.05) is 5.32 Å². The normalized spacial score (nSPS) is 13.7. The minimum absolute atomic E-state index is 0.327. The molecule has 0 bridgehead atoms. The standard InChI is InChI=1S/C13H20N4O9/c14-5(3-9(19)20)11(23)16-6(1-2-8(15)18)12(24)17-7(13(25)26)4-10(21)22/h5-7H,1-4,14H2,(H2,15,18)(H,16,23)(H,17,24)(H,19,20)(H,21,22)(H,25,26)/t5-,6-,7-/m0/s1. The molecule has 0 aliphatic rings. The molecule has 13 nitrogen and oxygen atoms in total. The molecule has 146 valence electrons. The van der Waals surface area contributed by atoms with Gasteiger partial charge in [0.05, 0.1) is 18.9 Å². The molecule has 0 radical (unpaired) electrons. The largest absolute Gasteiger partial charge is 0.481 e. The van der Waals surface area contributed by atoms with E-state index in [2.05, 4.69) is 5.32 Å². The van der Waals surface area contributed by atoms with Gasteiger partial charge in [-0.1, -0.05) is 0 Å². The van der Waals surface area contributed by atoms with Crippen LogP contribution in [-0.4, -0.2) is 69.1 Å². The summed E-state index contributed by atoms with van der Waals surface area (Å²) in [6, 6.07) is -4.74. The van der Waals surface area contributed by atoms with Gasteiger partial charge < -0.3 is 37.4 Å². The molecule has 0 saturated heterocycles. The van der Waals surface area contributed by atoms with Crippen LogP contribution in [0.2, 0.25) is 0 Å². The lowest BCUT2D eigenvalue weighted by molar-refractivity contribution is -0.147. The molecule has 0 aromatic rings. The van der Waals surface area contributed by atoms with Crippen molar-refractivity contribution in [2.75, 3.05) is 0 Å². The van der Waals surface area contributed by atoms with Crippen LogP contribution in [0.15, 0.2) is 0 Å². The number of carboxylic acids is 3. The van der Waals surface area contributed by atoms with E-state index in [1.54, 1.807) is 0 Å². The van der Waals surface area contributed by atoms with Gasteiger partial charge in [0.25, 0.3) is 0 Å². The first-order chi connectivity index (χ1) is 11.9. The van der Waals surface area contributed by atoms with Gasteiger partial charge in [0.2, 0.25) is 17.7 Å². The fourth-order valence-corrected chi connectivity index (χ4v) is 1.76. The van der Waals surface area contributed by atoms with Crippen LogP contribution in [-0.2, 0) is 28.8 Å². The Morgan fingerprint density at radius 2 is 1.31 bits per heavy atom. The van der Waals surface area contributed by atoms with Crippen molar-refractivity contribution in [1.29, 1.82) is 0 Å². The Labute approximate surface area is 146 Å². The molecular formula is C13H20N4O9. The summed E-state index contributed by atoms with van der Waals surface area (Å²) in [5.74, 6) is -7.40. The first kappa shape index (κ1) is 22.8. The summed E-state index contributed by atoms with van der Waals surface area (Å²) in [6.45, 7) is 0. The summed E-state index contributed by atoms with van der Waals surface area (Å²) in [6.07, 6.45) is -2.34. The van der Waals surface area contributed by atoms with Gasteiger partial charge in [0, 0.05) is 6.42 Å². The predicted octanol–water partition coefficient (Wildman–Crippen LogP) is -3.42. The number of primary amides is 1. The van der Waals surface area contributed by atoms with Crippen LogP contribution in [0.3, 0.4) is 0 Å². The maximum Gasteiger partial charge on any atom is 0.326 e. The van der Waals surface area contributed by atoms with Gasteiger partial charge in [-0.05, 0) is 6.42 Å². The number of nitrogens with one attached hydrogen (secondary N) is 2. The highest BCUT2D eigenvalue weighted by Gasteiger charge is 2.29. The molecule has 0 aliphatic carbocycles. The molecule has 0 aliphatic heterocycles. The second-order valence-corrected chi connectivity index (χ2v) is 5.27. The SMILES string of the molecule is NC(=O)CC[C@H](NC(=O)[C@@H](N)CC(=O)O)C(=O)N[C@@H](CC(=O)O)C(=O)O. The fraction of sp³-hybridized carbons (Fsp3) is 0.538. The number of carboxylic acid groups (broad SMARTS) is 3. The number of hydrogen-bond donors (Lipinski definition) is 7. The lowest BCUT2D eigenvalue weighted by atomic mass is 10.1. The molecular weight excluding hydrogens is 356 g/mol. The van der Waals surface area contributed by atoms with E-state index < -0.39 is 66.6 Å². The highest BCUT2D eigenvalue weighted by molar-refractivity contribution is 5.94. The number of rotatable bonds is 12. The lowest BCUT2D eigenvalue weighted by Crippen LogP contribution is -2.55. The van der Waals surface area contributed by atoms with Gasteiger partial charge in [0.1, 0.15) is 12.1 Å². The van der Waals surface area contributed by atoms with Crippen LogP contribution >= 0.6 is 0 Å². The molecule has 3 atom stereocenters. The minimum Gasteiger partial charge on any atom is -0.481 e. The number of carbonyl (C=O) groups is 6. The van der Waals surface area contributed by atoms with E-state index in [-0.39, 0.29) is 12.8 Å². The summed E-state index contributed by atoms with van der Waals surface area (Å²) >= 11 is 0. The maximum absolute atomic E-state index is 12.1. The van der Waals surface area contributed by atoms with Crippen molar-refractivity contribution in [3.05, 3.63) is 0 Å². The van der Waals surface area contributed by atoms with Gasteiger partial charge in [-0.15, -0.1) is 0 Å². The average molecular weight is 376 g/mol. The van der Waals surface area contributed by atoms with E-state index in [0.717, 1.165) is 0 Å². The Morgan fingerprint density at radius 1 is 0.808 bits per heavy atom. The van der Waals surface area contributed by atoms with Crippen LogP contribution in [0.4, 0.5) is 0 Å². The predicted molar refractivity (Wildman–Crippen MR) is 82.4 cm³/mol. The second kappa shape index (κ2) is 10.6. The highest BCUT2D eigenvalue weighted by Crippen LogP contribution is 2.02. The van der Waals surface area contributed by atoms with Crippen LogP contribution in [0.25, 0.3) is 0 Å². The number of hydrogen-bond acceptors (Lipinski definition) is 7. The Bertz CT molecular complexity index is 592. The van der Waals surface area contributed by atoms with E-state index in [0.29, 0.717) is 0 Å². The first-order valence-electron chi connectivity index (χ1n) is 7.25. The maximum atomic E-state index is 12.1. The van der Waals surface area contributed by atoms with Crippen molar-refractivity contribution in [2.24, 2.45) is 11.5 Å². The monoisotopic (exact) mass is 376 g/mol. The molecule has 0 fully saturated rings. The summed E-state index contributed by atoms with van der Waals surface area (Å²) < 4.78 is 0. The van der Waals surface area contributed by atoms with Crippen molar-refractivity contribution in [1.82, 2.24) is 10.6 Å². The molecule has 0 heterocycles. The third kappa shape index (κ3) is 9.17. The van der Waals surface area contributed by atoms with Gasteiger partial charge in [-0.2, -0.15) is 0 Å². The zero-order chi connectivity index (χ0) is 20.4. The molecule has 0 spiro atoms. The minimum atomic E-state index is -1.78. The highest BCUT2D eigenvalue weighted by atomic mass is 16.4. The Kier molecular flexibility index (Phi) is 9.29. The van der Waals surface area contributed by atoms with Gasteiger partial charge >= 0.3 is 17.9 Å². The number of carbonyl (C=O) groups excluding carboxylic acids is 3. The number of amides is 3. The summed E-state index contributed by atoms with van der Waals surface area (Å²) in [5.41, 5.74) is 10.3. The summed E-state index contributed by atoms with van der Waals surface area (Å²) in [7, 11) is 0. The zero-order valence-corrected chi connectivity index (χ0v) is 13.5. The Morgan fingerprint density at radius 3 is 1.73 bits per heavy atom. The molecule has 0 aromatic heterocycles. The van der Waals surface area contributed by atoms with Gasteiger partial charge in [-0.3, -0.25) is 24.0 Å². The van der Waals surface area contributed by atoms with E-state index >= 15 is 0 Å². The van der Waals surface area contributed by atoms with Crippen LogP contribution in [0, 0.1) is 0 Å². The first-order valence-corrected chi connectivity index (χ1v) is 7.25. The zero-order valence-electron chi connectivity index (χ0n) is 13.5. The van der Waals surface area contributed by atoms with E-state index in [4.69, 9.17) is 26.8 Å². The third-order valence-electron chi connectivity index (χ3n) is 3.04. The van der Waals surface area contributed by atoms with Gasteiger partial charge in [-0.25, -0.2) is 4.79 Å². The van der Waals surface area contributed by atoms with Crippen LogP contribution in [0.1, 0.15) is 25.7 Å². The van der Waals surface area contributed by atoms with Crippen LogP contribution in [0.5, 0.6) is 0 Å². The molecule has 0 rings (SSSR count). The topological polar surface area (TPSA) is 239 Å². The third-order valence-corrected chi connectivity index (χ3v) is 3.04. The Balaban J connectivity index is 5.14. The second-order valence-electron chi connectivity index (χ2n) is 5.27. The average Bonchev–Trinajstić information content (AvgIpc) is 2.48. The fourth-order valence-electron chi connectivity index (χ4n) is 1.76. The van der Waals surface area contributed by atoms with E-state index in [9.17, 15) is 28.8 Å². The molecule has 0 unspecified atom stereocenters. The lowest BCUT2D eigenvalue weighted by Gasteiger charge is -2.21. The molecule has 0 aromatic carbocycles. The van der Waals surface area contributed by atoms with Crippen molar-refractivity contribution in [3.63, 3.8) is 0 Å². The van der Waals surface area contributed by atoms with Crippen molar-refractivity contribution in [2.45, 2.75) is 43.8 Å². The van der Waals surface area contributed by atoms with Crippen LogP contribution < -0.4 is 22.1 Å².